The third-order valence-corrected chi connectivity index (χ3v) is 3.89. The van der Waals surface area contributed by atoms with Gasteiger partial charge in [-0.25, -0.2) is 4.39 Å². The molecule has 0 aliphatic heterocycles. The lowest BCUT2D eigenvalue weighted by Gasteiger charge is -2.18. The third kappa shape index (κ3) is 3.41. The molecule has 2 rings (SSSR count). The quantitative estimate of drug-likeness (QED) is 0.666. The smallest absolute Gasteiger partial charge is 0.128 e. The van der Waals surface area contributed by atoms with Crippen molar-refractivity contribution in [3.8, 4) is 0 Å². The summed E-state index contributed by atoms with van der Waals surface area (Å²) in [5.41, 5.74) is 5.27. The highest BCUT2D eigenvalue weighted by Gasteiger charge is 2.16. The van der Waals surface area contributed by atoms with Gasteiger partial charge in [0.2, 0.25) is 0 Å². The van der Waals surface area contributed by atoms with Gasteiger partial charge in [0, 0.05) is 10.0 Å². The number of nitrogens with one attached hydrogen (secondary N) is 1. The minimum Gasteiger partial charge on any atom is -0.271 e. The first kappa shape index (κ1) is 14.2. The fourth-order valence-electron chi connectivity index (χ4n) is 2.06. The molecule has 2 aromatic rings. The van der Waals surface area contributed by atoms with E-state index < -0.39 is 0 Å². The summed E-state index contributed by atoms with van der Waals surface area (Å²) in [5.74, 6) is 5.35. The van der Waals surface area contributed by atoms with E-state index in [-0.39, 0.29) is 11.9 Å². The van der Waals surface area contributed by atoms with Gasteiger partial charge in [-0.15, -0.1) is 0 Å². The molecule has 0 fully saturated rings. The first-order valence-electron chi connectivity index (χ1n) is 6.07. The van der Waals surface area contributed by atoms with Crippen LogP contribution in [0.15, 0.2) is 46.9 Å². The standard InChI is InChI=1S/C15H16BrFN2/c1-10-6-7-12(14(17)8-10)15(19-18)9-11-4-2-3-5-13(11)16/h2-8,15,19H,9,18H2,1H3. The van der Waals surface area contributed by atoms with Crippen LogP contribution in [0.4, 0.5) is 4.39 Å². The molecule has 0 aliphatic carbocycles. The van der Waals surface area contributed by atoms with Crippen molar-refractivity contribution in [2.75, 3.05) is 0 Å². The van der Waals surface area contributed by atoms with Crippen molar-refractivity contribution in [2.24, 2.45) is 5.84 Å². The Labute approximate surface area is 120 Å². The molecule has 0 saturated carbocycles. The number of hydrogen-bond donors (Lipinski definition) is 2. The van der Waals surface area contributed by atoms with Crippen LogP contribution in [0, 0.1) is 12.7 Å². The fourth-order valence-corrected chi connectivity index (χ4v) is 2.50. The van der Waals surface area contributed by atoms with E-state index in [9.17, 15) is 4.39 Å². The van der Waals surface area contributed by atoms with E-state index in [2.05, 4.69) is 21.4 Å². The van der Waals surface area contributed by atoms with Gasteiger partial charge in [0.1, 0.15) is 5.82 Å². The maximum atomic E-state index is 14.0. The third-order valence-electron chi connectivity index (χ3n) is 3.11. The number of benzene rings is 2. The van der Waals surface area contributed by atoms with E-state index >= 15 is 0 Å². The lowest BCUT2D eigenvalue weighted by Crippen LogP contribution is -2.30. The molecule has 2 nitrogen and oxygen atoms in total. The van der Waals surface area contributed by atoms with Gasteiger partial charge in [0.25, 0.3) is 0 Å². The summed E-state index contributed by atoms with van der Waals surface area (Å²) in [4.78, 5) is 0. The summed E-state index contributed by atoms with van der Waals surface area (Å²) < 4.78 is 15.0. The summed E-state index contributed by atoms with van der Waals surface area (Å²) in [6.07, 6.45) is 0.623. The summed E-state index contributed by atoms with van der Waals surface area (Å²) in [7, 11) is 0. The van der Waals surface area contributed by atoms with Crippen molar-refractivity contribution >= 4 is 15.9 Å². The largest absolute Gasteiger partial charge is 0.271 e. The number of aryl methyl sites for hydroxylation is 1. The number of hydrogen-bond acceptors (Lipinski definition) is 2. The highest BCUT2D eigenvalue weighted by Crippen LogP contribution is 2.25. The molecule has 4 heteroatoms. The fraction of sp³-hybridized carbons (Fsp3) is 0.200. The Morgan fingerprint density at radius 1 is 1.26 bits per heavy atom. The van der Waals surface area contributed by atoms with Gasteiger partial charge >= 0.3 is 0 Å². The van der Waals surface area contributed by atoms with Gasteiger partial charge in [-0.05, 0) is 36.6 Å². The molecule has 0 heterocycles. The molecular formula is C15H16BrFN2. The minimum absolute atomic E-state index is 0.227. The van der Waals surface area contributed by atoms with Gasteiger partial charge in [-0.3, -0.25) is 11.3 Å². The first-order chi connectivity index (χ1) is 9.11. The molecular weight excluding hydrogens is 307 g/mol. The van der Waals surface area contributed by atoms with E-state index in [0.29, 0.717) is 12.0 Å². The monoisotopic (exact) mass is 322 g/mol. The average Bonchev–Trinajstić information content (AvgIpc) is 2.39. The van der Waals surface area contributed by atoms with Crippen molar-refractivity contribution in [3.63, 3.8) is 0 Å². The van der Waals surface area contributed by atoms with Crippen LogP contribution >= 0.6 is 15.9 Å². The second-order valence-electron chi connectivity index (χ2n) is 4.54. The Morgan fingerprint density at radius 2 is 2.00 bits per heavy atom. The Balaban J connectivity index is 2.28. The van der Waals surface area contributed by atoms with E-state index in [1.165, 1.54) is 6.07 Å². The van der Waals surface area contributed by atoms with Crippen molar-refractivity contribution in [3.05, 3.63) is 69.4 Å². The van der Waals surface area contributed by atoms with Crippen LogP contribution in [0.25, 0.3) is 0 Å². The lowest BCUT2D eigenvalue weighted by molar-refractivity contribution is 0.509. The van der Waals surface area contributed by atoms with Crippen molar-refractivity contribution in [1.29, 1.82) is 0 Å². The first-order valence-corrected chi connectivity index (χ1v) is 6.86. The van der Waals surface area contributed by atoms with Crippen LogP contribution in [0.1, 0.15) is 22.7 Å². The van der Waals surface area contributed by atoms with Gasteiger partial charge in [0.15, 0.2) is 0 Å². The molecule has 19 heavy (non-hydrogen) atoms. The average molecular weight is 323 g/mol. The molecule has 3 N–H and O–H groups in total. The van der Waals surface area contributed by atoms with Gasteiger partial charge in [0.05, 0.1) is 6.04 Å². The zero-order chi connectivity index (χ0) is 13.8. The minimum atomic E-state index is -0.251. The molecule has 0 aromatic heterocycles. The summed E-state index contributed by atoms with van der Waals surface area (Å²) >= 11 is 3.49. The number of hydrazine groups is 1. The van der Waals surface area contributed by atoms with Crippen molar-refractivity contribution in [2.45, 2.75) is 19.4 Å². The normalized spacial score (nSPS) is 12.4. The van der Waals surface area contributed by atoms with Gasteiger partial charge in [-0.1, -0.05) is 46.3 Å². The van der Waals surface area contributed by atoms with Gasteiger partial charge in [-0.2, -0.15) is 0 Å². The summed E-state index contributed by atoms with van der Waals surface area (Å²) in [6, 6.07) is 12.8. The topological polar surface area (TPSA) is 38.0 Å². The van der Waals surface area contributed by atoms with Crippen LogP contribution in [-0.4, -0.2) is 0 Å². The zero-order valence-electron chi connectivity index (χ0n) is 10.7. The van der Waals surface area contributed by atoms with E-state index in [1.54, 1.807) is 6.07 Å². The second-order valence-corrected chi connectivity index (χ2v) is 5.39. The maximum absolute atomic E-state index is 14.0. The van der Waals surface area contributed by atoms with Crippen LogP contribution in [0.2, 0.25) is 0 Å². The molecule has 0 amide bonds. The zero-order valence-corrected chi connectivity index (χ0v) is 12.2. The highest BCUT2D eigenvalue weighted by atomic mass is 79.9. The molecule has 0 bridgehead atoms. The number of nitrogens with two attached hydrogens (primary N) is 1. The van der Waals surface area contributed by atoms with Crippen molar-refractivity contribution in [1.82, 2.24) is 5.43 Å². The number of rotatable bonds is 4. The summed E-state index contributed by atoms with van der Waals surface area (Å²) in [5, 5.41) is 0. The SMILES string of the molecule is Cc1ccc(C(Cc2ccccc2Br)NN)c(F)c1. The van der Waals surface area contributed by atoms with Gasteiger partial charge < -0.3 is 0 Å². The predicted octanol–water partition coefficient (Wildman–Crippen LogP) is 3.64. The second kappa shape index (κ2) is 6.28. The van der Waals surface area contributed by atoms with Crippen LogP contribution < -0.4 is 11.3 Å². The Bertz CT molecular complexity index is 572. The Hall–Kier alpha value is -1.23. The van der Waals surface area contributed by atoms with Crippen LogP contribution in [0.5, 0.6) is 0 Å². The maximum Gasteiger partial charge on any atom is 0.128 e. The molecule has 0 radical (unpaired) electrons. The highest BCUT2D eigenvalue weighted by molar-refractivity contribution is 9.10. The van der Waals surface area contributed by atoms with Crippen LogP contribution in [0.3, 0.4) is 0 Å². The predicted molar refractivity (Wildman–Crippen MR) is 79.0 cm³/mol. The molecule has 0 aliphatic rings. The lowest BCUT2D eigenvalue weighted by atomic mass is 9.98. The van der Waals surface area contributed by atoms with E-state index in [0.717, 1.165) is 15.6 Å². The molecule has 2 aromatic carbocycles. The number of halogens is 2. The summed E-state index contributed by atoms with van der Waals surface area (Å²) in [6.45, 7) is 1.87. The Morgan fingerprint density at radius 3 is 2.63 bits per heavy atom. The Kier molecular flexibility index (Phi) is 4.69. The van der Waals surface area contributed by atoms with E-state index in [1.807, 2.05) is 37.3 Å². The van der Waals surface area contributed by atoms with E-state index in [4.69, 9.17) is 5.84 Å². The van der Waals surface area contributed by atoms with Crippen molar-refractivity contribution < 1.29 is 4.39 Å². The molecule has 1 unspecified atom stereocenters. The molecule has 0 spiro atoms. The van der Waals surface area contributed by atoms with Crippen LogP contribution in [-0.2, 0) is 6.42 Å². The molecule has 100 valence electrons. The molecule has 1 atom stereocenters. The molecule has 0 saturated heterocycles.